The highest BCUT2D eigenvalue weighted by molar-refractivity contribution is 5.95. The number of ether oxygens (including phenoxy) is 2. The van der Waals surface area contributed by atoms with E-state index in [1.165, 1.54) is 10.9 Å². The molecule has 31 heavy (non-hydrogen) atoms. The van der Waals surface area contributed by atoms with Crippen molar-refractivity contribution < 1.29 is 18.9 Å². The first-order chi connectivity index (χ1) is 15.2. The number of nitrogens with one attached hydrogen (secondary N) is 1. The fourth-order valence-corrected chi connectivity index (χ4v) is 3.04. The summed E-state index contributed by atoms with van der Waals surface area (Å²) < 4.78 is 16.4. The topological polar surface area (TPSA) is 159 Å². The van der Waals surface area contributed by atoms with E-state index in [0.717, 1.165) is 18.7 Å². The number of nitrogens with zero attached hydrogens (tertiary/aromatic N) is 7. The van der Waals surface area contributed by atoms with Gasteiger partial charge in [-0.15, -0.1) is 5.10 Å². The molecule has 1 saturated heterocycles. The second kappa shape index (κ2) is 9.32. The van der Waals surface area contributed by atoms with Crippen molar-refractivity contribution in [2.24, 2.45) is 5.10 Å². The Balaban J connectivity index is 1.57. The summed E-state index contributed by atoms with van der Waals surface area (Å²) in [5.41, 5.74) is 9.61. The minimum absolute atomic E-state index is 0.0169. The highest BCUT2D eigenvalue weighted by Gasteiger charge is 2.26. The van der Waals surface area contributed by atoms with Crippen LogP contribution >= 0.6 is 0 Å². The van der Waals surface area contributed by atoms with Crippen LogP contribution in [-0.2, 0) is 11.3 Å². The summed E-state index contributed by atoms with van der Waals surface area (Å²) in [7, 11) is 1.58. The Hall–Kier alpha value is -3.84. The van der Waals surface area contributed by atoms with E-state index in [9.17, 15) is 4.79 Å². The lowest BCUT2D eigenvalue weighted by Gasteiger charge is -2.25. The van der Waals surface area contributed by atoms with Crippen molar-refractivity contribution in [3.63, 3.8) is 0 Å². The molecule has 1 fully saturated rings. The highest BCUT2D eigenvalue weighted by atomic mass is 16.6. The van der Waals surface area contributed by atoms with Gasteiger partial charge in [0, 0.05) is 19.6 Å². The lowest BCUT2D eigenvalue weighted by molar-refractivity contribution is 0.0335. The van der Waals surface area contributed by atoms with Crippen LogP contribution in [0.3, 0.4) is 0 Å². The zero-order valence-electron chi connectivity index (χ0n) is 16.8. The third-order valence-electron chi connectivity index (χ3n) is 4.60. The van der Waals surface area contributed by atoms with Crippen molar-refractivity contribution in [2.75, 3.05) is 39.1 Å². The van der Waals surface area contributed by atoms with Gasteiger partial charge in [0.1, 0.15) is 11.4 Å². The van der Waals surface area contributed by atoms with Gasteiger partial charge in [0.05, 0.1) is 26.5 Å². The Kier molecular flexibility index (Phi) is 6.14. The Morgan fingerprint density at radius 3 is 2.94 bits per heavy atom. The Morgan fingerprint density at radius 1 is 1.35 bits per heavy atom. The Bertz CT molecular complexity index is 1070. The molecule has 2 aromatic heterocycles. The average Bonchev–Trinajstić information content (AvgIpc) is 3.40. The molecule has 1 aromatic carbocycles. The maximum Gasteiger partial charge on any atom is 0.292 e. The van der Waals surface area contributed by atoms with Gasteiger partial charge in [-0.25, -0.2) is 10.1 Å². The van der Waals surface area contributed by atoms with Gasteiger partial charge in [-0.3, -0.25) is 9.69 Å². The molecule has 162 valence electrons. The monoisotopic (exact) mass is 427 g/mol. The van der Waals surface area contributed by atoms with Gasteiger partial charge in [-0.2, -0.15) is 9.78 Å². The van der Waals surface area contributed by atoms with E-state index in [1.54, 1.807) is 13.2 Å². The van der Waals surface area contributed by atoms with Crippen LogP contribution in [0.15, 0.2) is 34.0 Å². The van der Waals surface area contributed by atoms with Gasteiger partial charge >= 0.3 is 0 Å². The number of carbonyl (C=O) groups is 1. The Labute approximate surface area is 176 Å². The van der Waals surface area contributed by atoms with Gasteiger partial charge in [0.15, 0.2) is 5.69 Å². The second-order valence-electron chi connectivity index (χ2n) is 6.63. The number of aromatic nitrogens is 5. The number of hydrogen-bond donors (Lipinski definition) is 2. The molecule has 13 nitrogen and oxygen atoms in total. The zero-order chi connectivity index (χ0) is 21.6. The van der Waals surface area contributed by atoms with Gasteiger partial charge in [0.25, 0.3) is 5.91 Å². The van der Waals surface area contributed by atoms with Crippen LogP contribution in [0.4, 0.5) is 5.82 Å². The number of methoxy groups -OCH3 is 1. The summed E-state index contributed by atoms with van der Waals surface area (Å²) in [5.74, 6) is 0.202. The van der Waals surface area contributed by atoms with Crippen LogP contribution in [0, 0.1) is 0 Å². The number of nitrogen functional groups attached to an aromatic ring is 1. The molecule has 0 bridgehead atoms. The molecule has 3 N–H and O–H groups in total. The number of amides is 1. The predicted molar refractivity (Wildman–Crippen MR) is 108 cm³/mol. The highest BCUT2D eigenvalue weighted by Crippen LogP contribution is 2.17. The first kappa shape index (κ1) is 20.4. The normalized spacial score (nSPS) is 14.7. The van der Waals surface area contributed by atoms with Crippen molar-refractivity contribution in [3.05, 3.63) is 41.2 Å². The van der Waals surface area contributed by atoms with Gasteiger partial charge in [-0.05, 0) is 28.0 Å². The van der Waals surface area contributed by atoms with Crippen molar-refractivity contribution in [3.8, 4) is 11.6 Å². The molecule has 13 heteroatoms. The van der Waals surface area contributed by atoms with E-state index >= 15 is 0 Å². The summed E-state index contributed by atoms with van der Waals surface area (Å²) >= 11 is 0. The van der Waals surface area contributed by atoms with E-state index in [2.05, 4.69) is 40.7 Å². The molecule has 0 unspecified atom stereocenters. The molecule has 1 amide bonds. The van der Waals surface area contributed by atoms with E-state index in [0.29, 0.717) is 31.2 Å². The van der Waals surface area contributed by atoms with Gasteiger partial charge in [-0.1, -0.05) is 17.3 Å². The smallest absolute Gasteiger partial charge is 0.292 e. The van der Waals surface area contributed by atoms with Crippen molar-refractivity contribution >= 4 is 17.9 Å². The third kappa shape index (κ3) is 4.67. The van der Waals surface area contributed by atoms with Crippen LogP contribution in [0.2, 0.25) is 0 Å². The van der Waals surface area contributed by atoms with Crippen LogP contribution in [-0.4, -0.2) is 75.7 Å². The standard InChI is InChI=1S/C18H21N9O4/c1-29-13-4-2-3-12(9-13)10-20-22-18(28)15-14(11-26-5-7-30-8-6-26)21-25-27(15)17-16(19)23-31-24-17/h2-4,9-10H,5-8,11H2,1H3,(H2,19,23)(H,22,28)/b20-10+. The average molecular weight is 427 g/mol. The number of carbonyl (C=O) groups excluding carboxylic acids is 1. The van der Waals surface area contributed by atoms with Crippen LogP contribution in [0.1, 0.15) is 21.7 Å². The molecule has 0 spiro atoms. The number of benzene rings is 1. The van der Waals surface area contributed by atoms with E-state index in [-0.39, 0.29) is 17.3 Å². The molecule has 1 aliphatic heterocycles. The maximum absolute atomic E-state index is 13.0. The quantitative estimate of drug-likeness (QED) is 0.383. The number of hydrazone groups is 1. The Morgan fingerprint density at radius 2 is 2.19 bits per heavy atom. The molecule has 3 heterocycles. The van der Waals surface area contributed by atoms with E-state index < -0.39 is 5.91 Å². The maximum atomic E-state index is 13.0. The molecule has 0 radical (unpaired) electrons. The predicted octanol–water partition coefficient (Wildman–Crippen LogP) is -0.163. The first-order valence-corrected chi connectivity index (χ1v) is 9.46. The van der Waals surface area contributed by atoms with Crippen molar-refractivity contribution in [1.82, 2.24) is 35.6 Å². The molecule has 0 saturated carbocycles. The number of morpholine rings is 1. The summed E-state index contributed by atoms with van der Waals surface area (Å²) in [6.45, 7) is 3.06. The van der Waals surface area contributed by atoms with E-state index in [1.807, 2.05) is 18.2 Å². The lowest BCUT2D eigenvalue weighted by Crippen LogP contribution is -2.36. The minimum atomic E-state index is -0.533. The van der Waals surface area contributed by atoms with Crippen LogP contribution in [0.25, 0.3) is 5.82 Å². The third-order valence-corrected chi connectivity index (χ3v) is 4.60. The zero-order valence-corrected chi connectivity index (χ0v) is 16.8. The molecule has 1 aliphatic rings. The molecular formula is C18H21N9O4. The second-order valence-corrected chi connectivity index (χ2v) is 6.63. The van der Waals surface area contributed by atoms with Crippen molar-refractivity contribution in [2.45, 2.75) is 6.54 Å². The molecular weight excluding hydrogens is 406 g/mol. The number of rotatable bonds is 7. The van der Waals surface area contributed by atoms with Gasteiger partial charge < -0.3 is 15.2 Å². The minimum Gasteiger partial charge on any atom is -0.497 e. The lowest BCUT2D eigenvalue weighted by atomic mass is 10.2. The summed E-state index contributed by atoms with van der Waals surface area (Å²) in [6, 6.07) is 7.25. The summed E-state index contributed by atoms with van der Waals surface area (Å²) in [6.07, 6.45) is 1.50. The largest absolute Gasteiger partial charge is 0.497 e. The number of nitrogens with two attached hydrogens (primary N) is 1. The fourth-order valence-electron chi connectivity index (χ4n) is 3.04. The molecule has 3 aromatic rings. The van der Waals surface area contributed by atoms with Crippen molar-refractivity contribution in [1.29, 1.82) is 0 Å². The molecule has 0 atom stereocenters. The molecule has 0 aliphatic carbocycles. The van der Waals surface area contributed by atoms with Crippen LogP contribution < -0.4 is 15.9 Å². The SMILES string of the molecule is COc1cccc(/C=N/NC(=O)c2c(CN3CCOCC3)nnn2-c2nonc2N)c1. The number of hydrogen-bond acceptors (Lipinski definition) is 11. The van der Waals surface area contributed by atoms with Crippen LogP contribution in [0.5, 0.6) is 5.75 Å². The number of anilines is 1. The fraction of sp³-hybridized carbons (Fsp3) is 0.333. The first-order valence-electron chi connectivity index (χ1n) is 9.46. The summed E-state index contributed by atoms with van der Waals surface area (Å²) in [4.78, 5) is 15.1. The van der Waals surface area contributed by atoms with E-state index in [4.69, 9.17) is 15.2 Å². The van der Waals surface area contributed by atoms with Gasteiger partial charge in [0.2, 0.25) is 11.6 Å². The summed E-state index contributed by atoms with van der Waals surface area (Å²) in [5, 5.41) is 19.5. The molecule has 4 rings (SSSR count).